The van der Waals surface area contributed by atoms with Crippen LogP contribution < -0.4 is 5.32 Å². The lowest BCUT2D eigenvalue weighted by atomic mass is 10.1. The number of anilines is 1. The van der Waals surface area contributed by atoms with E-state index in [9.17, 15) is 0 Å². The van der Waals surface area contributed by atoms with Crippen molar-refractivity contribution in [3.8, 4) is 0 Å². The summed E-state index contributed by atoms with van der Waals surface area (Å²) in [6.07, 6.45) is 0.636. The van der Waals surface area contributed by atoms with Crippen molar-refractivity contribution in [2.24, 2.45) is 0 Å². The monoisotopic (exact) mass is 329 g/mol. The van der Waals surface area contributed by atoms with Crippen molar-refractivity contribution in [1.29, 1.82) is 0 Å². The molecule has 0 saturated carbocycles. The van der Waals surface area contributed by atoms with Crippen molar-refractivity contribution >= 4 is 16.7 Å². The van der Waals surface area contributed by atoms with Crippen LogP contribution in [0, 0.1) is 0 Å². The fourth-order valence-corrected chi connectivity index (χ4v) is 2.86. The lowest BCUT2D eigenvalue weighted by Gasteiger charge is -2.06. The average molecular weight is 329 g/mol. The van der Waals surface area contributed by atoms with E-state index in [1.54, 1.807) is 0 Å². The van der Waals surface area contributed by atoms with Crippen LogP contribution in [0.25, 0.3) is 0 Å². The van der Waals surface area contributed by atoms with Crippen molar-refractivity contribution in [2.75, 3.05) is 5.32 Å². The third-order valence-electron chi connectivity index (χ3n) is 3.37. The number of rotatable bonds is 6. The average Bonchev–Trinajstić information content (AvgIpc) is 3.18. The SMILES string of the molecule is CC(C)c1nsc(NC(C)c2noc(Cc3ccccc3)n2)n1. The van der Waals surface area contributed by atoms with Gasteiger partial charge < -0.3 is 9.84 Å². The summed E-state index contributed by atoms with van der Waals surface area (Å²) < 4.78 is 9.66. The highest BCUT2D eigenvalue weighted by Crippen LogP contribution is 2.22. The van der Waals surface area contributed by atoms with Gasteiger partial charge in [0, 0.05) is 17.5 Å². The summed E-state index contributed by atoms with van der Waals surface area (Å²) in [7, 11) is 0. The Morgan fingerprint density at radius 3 is 2.57 bits per heavy atom. The van der Waals surface area contributed by atoms with Crippen LogP contribution in [0.4, 0.5) is 5.13 Å². The number of nitrogens with zero attached hydrogens (tertiary/aromatic N) is 4. The molecule has 0 saturated heterocycles. The molecule has 1 aromatic carbocycles. The molecule has 6 nitrogen and oxygen atoms in total. The molecule has 7 heteroatoms. The number of benzene rings is 1. The lowest BCUT2D eigenvalue weighted by molar-refractivity contribution is 0.378. The molecular weight excluding hydrogens is 310 g/mol. The topological polar surface area (TPSA) is 76.7 Å². The van der Waals surface area contributed by atoms with Crippen LogP contribution in [0.5, 0.6) is 0 Å². The van der Waals surface area contributed by atoms with Crippen molar-refractivity contribution < 1.29 is 4.52 Å². The molecule has 1 unspecified atom stereocenters. The maximum Gasteiger partial charge on any atom is 0.231 e. The first-order chi connectivity index (χ1) is 11.1. The summed E-state index contributed by atoms with van der Waals surface area (Å²) in [5.41, 5.74) is 1.15. The predicted octanol–water partition coefficient (Wildman–Crippen LogP) is 3.81. The molecule has 0 radical (unpaired) electrons. The molecular formula is C16H19N5OS. The van der Waals surface area contributed by atoms with E-state index in [2.05, 4.69) is 38.7 Å². The van der Waals surface area contributed by atoms with Gasteiger partial charge in [0.25, 0.3) is 0 Å². The van der Waals surface area contributed by atoms with Crippen LogP contribution in [0.1, 0.15) is 55.8 Å². The molecule has 2 aromatic heterocycles. The van der Waals surface area contributed by atoms with Gasteiger partial charge in [0.15, 0.2) is 5.82 Å². The Morgan fingerprint density at radius 2 is 1.87 bits per heavy atom. The largest absolute Gasteiger partial charge is 0.350 e. The van der Waals surface area contributed by atoms with Crippen LogP contribution >= 0.6 is 11.5 Å². The van der Waals surface area contributed by atoms with Crippen molar-refractivity contribution in [3.63, 3.8) is 0 Å². The molecule has 0 amide bonds. The predicted molar refractivity (Wildman–Crippen MR) is 89.6 cm³/mol. The minimum Gasteiger partial charge on any atom is -0.350 e. The molecule has 1 N–H and O–H groups in total. The molecule has 3 rings (SSSR count). The molecule has 0 aliphatic carbocycles. The van der Waals surface area contributed by atoms with E-state index >= 15 is 0 Å². The fourth-order valence-electron chi connectivity index (χ4n) is 2.06. The Bertz CT molecular complexity index is 753. The Hall–Kier alpha value is -2.28. The minimum absolute atomic E-state index is 0.0868. The van der Waals surface area contributed by atoms with Gasteiger partial charge in [0.05, 0.1) is 12.5 Å². The molecule has 120 valence electrons. The molecule has 0 aliphatic heterocycles. The number of hydrogen-bond donors (Lipinski definition) is 1. The quantitative estimate of drug-likeness (QED) is 0.741. The molecule has 2 heterocycles. The third kappa shape index (κ3) is 3.92. The zero-order valence-electron chi connectivity index (χ0n) is 13.4. The standard InChI is InChI=1S/C16H19N5OS/c1-10(2)14-19-16(23-21-14)17-11(3)15-18-13(22-20-15)9-12-7-5-4-6-8-12/h4-8,10-11H,9H2,1-3H3,(H,17,19,21). The first kappa shape index (κ1) is 15.6. The van der Waals surface area contributed by atoms with Gasteiger partial charge >= 0.3 is 0 Å². The van der Waals surface area contributed by atoms with Crippen LogP contribution in [0.2, 0.25) is 0 Å². The van der Waals surface area contributed by atoms with Gasteiger partial charge in [-0.15, -0.1) is 0 Å². The second-order valence-electron chi connectivity index (χ2n) is 5.69. The first-order valence-corrected chi connectivity index (χ1v) is 8.35. The Balaban J connectivity index is 1.64. The normalized spacial score (nSPS) is 12.5. The summed E-state index contributed by atoms with van der Waals surface area (Å²) in [4.78, 5) is 8.92. The Labute approximate surface area is 139 Å². The van der Waals surface area contributed by atoms with E-state index in [4.69, 9.17) is 4.52 Å². The number of nitrogens with one attached hydrogen (secondary N) is 1. The zero-order valence-corrected chi connectivity index (χ0v) is 14.2. The summed E-state index contributed by atoms with van der Waals surface area (Å²) in [6.45, 7) is 6.13. The highest BCUT2D eigenvalue weighted by molar-refractivity contribution is 7.09. The van der Waals surface area contributed by atoms with Gasteiger partial charge in [-0.1, -0.05) is 49.3 Å². The fraction of sp³-hybridized carbons (Fsp3) is 0.375. The minimum atomic E-state index is -0.0868. The Morgan fingerprint density at radius 1 is 1.09 bits per heavy atom. The van der Waals surface area contributed by atoms with Gasteiger partial charge in [-0.25, -0.2) is 4.98 Å². The molecule has 0 fully saturated rings. The molecule has 1 atom stereocenters. The summed E-state index contributed by atoms with van der Waals surface area (Å²) in [5.74, 6) is 2.40. The molecule has 0 bridgehead atoms. The summed E-state index contributed by atoms with van der Waals surface area (Å²) in [6, 6.07) is 9.98. The first-order valence-electron chi connectivity index (χ1n) is 7.58. The number of hydrogen-bond acceptors (Lipinski definition) is 7. The van der Waals surface area contributed by atoms with Crippen LogP contribution in [0.3, 0.4) is 0 Å². The highest BCUT2D eigenvalue weighted by Gasteiger charge is 2.16. The maximum atomic E-state index is 5.34. The van der Waals surface area contributed by atoms with Crippen molar-refractivity contribution in [2.45, 2.75) is 39.2 Å². The van der Waals surface area contributed by atoms with Gasteiger partial charge in [0.2, 0.25) is 11.0 Å². The van der Waals surface area contributed by atoms with Gasteiger partial charge in [0.1, 0.15) is 5.82 Å². The second kappa shape index (κ2) is 6.87. The van der Waals surface area contributed by atoms with E-state index in [1.165, 1.54) is 11.5 Å². The summed E-state index contributed by atoms with van der Waals surface area (Å²) in [5, 5.41) is 8.10. The van der Waals surface area contributed by atoms with Crippen LogP contribution in [-0.2, 0) is 6.42 Å². The van der Waals surface area contributed by atoms with E-state index in [1.807, 2.05) is 37.3 Å². The van der Waals surface area contributed by atoms with Gasteiger partial charge in [-0.2, -0.15) is 9.36 Å². The zero-order chi connectivity index (χ0) is 16.2. The van der Waals surface area contributed by atoms with E-state index in [0.29, 0.717) is 24.1 Å². The third-order valence-corrected chi connectivity index (χ3v) is 4.03. The number of aromatic nitrogens is 4. The van der Waals surface area contributed by atoms with Crippen molar-refractivity contribution in [1.82, 2.24) is 19.5 Å². The highest BCUT2D eigenvalue weighted by atomic mass is 32.1. The molecule has 23 heavy (non-hydrogen) atoms. The van der Waals surface area contributed by atoms with E-state index in [-0.39, 0.29) is 6.04 Å². The van der Waals surface area contributed by atoms with E-state index in [0.717, 1.165) is 16.5 Å². The lowest BCUT2D eigenvalue weighted by Crippen LogP contribution is -2.08. The second-order valence-corrected chi connectivity index (χ2v) is 6.44. The molecule has 0 spiro atoms. The van der Waals surface area contributed by atoms with Gasteiger partial charge in [-0.05, 0) is 12.5 Å². The van der Waals surface area contributed by atoms with Gasteiger partial charge in [-0.3, -0.25) is 0 Å². The van der Waals surface area contributed by atoms with Crippen LogP contribution in [0.15, 0.2) is 34.9 Å². The van der Waals surface area contributed by atoms with Crippen molar-refractivity contribution in [3.05, 3.63) is 53.4 Å². The Kier molecular flexibility index (Phi) is 4.66. The van der Waals surface area contributed by atoms with Crippen LogP contribution in [-0.4, -0.2) is 19.5 Å². The smallest absolute Gasteiger partial charge is 0.231 e. The molecule has 3 aromatic rings. The maximum absolute atomic E-state index is 5.34. The van der Waals surface area contributed by atoms with E-state index < -0.39 is 0 Å². The molecule has 0 aliphatic rings. The summed E-state index contributed by atoms with van der Waals surface area (Å²) >= 11 is 1.35.